The fraction of sp³-hybridized carbons (Fsp3) is 0.154. The van der Waals surface area contributed by atoms with Crippen molar-refractivity contribution >= 4 is 17.3 Å². The van der Waals surface area contributed by atoms with Crippen LogP contribution in [0.3, 0.4) is 0 Å². The zero-order valence-corrected chi connectivity index (χ0v) is 10.6. The van der Waals surface area contributed by atoms with Gasteiger partial charge in [0.2, 0.25) is 5.91 Å². The van der Waals surface area contributed by atoms with Crippen LogP contribution in [-0.2, 0) is 11.3 Å². The lowest BCUT2D eigenvalue weighted by Gasteiger charge is -2.06. The summed E-state index contributed by atoms with van der Waals surface area (Å²) in [6.45, 7) is 0.191. The molecule has 0 unspecified atom stereocenters. The Morgan fingerprint density at radius 2 is 1.90 bits per heavy atom. The topological polar surface area (TPSA) is 110 Å². The summed E-state index contributed by atoms with van der Waals surface area (Å²) in [5.74, 6) is -0.229. The lowest BCUT2D eigenvalue weighted by atomic mass is 10.3. The molecule has 0 saturated carbocycles. The van der Waals surface area contributed by atoms with E-state index in [1.807, 2.05) is 0 Å². The lowest BCUT2D eigenvalue weighted by molar-refractivity contribution is -0.116. The van der Waals surface area contributed by atoms with Crippen molar-refractivity contribution in [2.45, 2.75) is 13.0 Å². The van der Waals surface area contributed by atoms with Crippen molar-refractivity contribution in [2.24, 2.45) is 0 Å². The van der Waals surface area contributed by atoms with Gasteiger partial charge in [0.15, 0.2) is 0 Å². The highest BCUT2D eigenvalue weighted by Crippen LogP contribution is 2.10. The lowest BCUT2D eigenvalue weighted by Crippen LogP contribution is -2.29. The van der Waals surface area contributed by atoms with E-state index in [9.17, 15) is 14.4 Å². The quantitative estimate of drug-likeness (QED) is 0.689. The van der Waals surface area contributed by atoms with E-state index in [2.05, 4.69) is 10.3 Å². The van der Waals surface area contributed by atoms with Crippen molar-refractivity contribution in [1.29, 1.82) is 0 Å². The molecule has 0 aliphatic heterocycles. The fourth-order valence-corrected chi connectivity index (χ4v) is 1.63. The standard InChI is InChI=1S/C13H14N4O3/c14-9-1-3-10(4-2-9)15-11(18)5-7-17-8-6-12(19)16-13(17)20/h1-4,6,8H,5,7,14H2,(H,15,18)(H,16,19,20). The number of amides is 1. The van der Waals surface area contributed by atoms with Gasteiger partial charge in [-0.15, -0.1) is 0 Å². The highest BCUT2D eigenvalue weighted by atomic mass is 16.2. The van der Waals surface area contributed by atoms with Gasteiger partial charge in [-0.2, -0.15) is 0 Å². The third kappa shape index (κ3) is 3.58. The average molecular weight is 274 g/mol. The Morgan fingerprint density at radius 3 is 2.55 bits per heavy atom. The van der Waals surface area contributed by atoms with Crippen molar-refractivity contribution in [3.05, 3.63) is 57.4 Å². The van der Waals surface area contributed by atoms with E-state index in [4.69, 9.17) is 5.73 Å². The number of aromatic amines is 1. The fourth-order valence-electron chi connectivity index (χ4n) is 1.63. The van der Waals surface area contributed by atoms with E-state index in [0.29, 0.717) is 11.4 Å². The summed E-state index contributed by atoms with van der Waals surface area (Å²) in [5, 5.41) is 2.69. The molecule has 0 atom stereocenters. The van der Waals surface area contributed by atoms with Gasteiger partial charge < -0.3 is 15.6 Å². The molecule has 0 saturated heterocycles. The smallest absolute Gasteiger partial charge is 0.328 e. The molecule has 0 aliphatic carbocycles. The minimum absolute atomic E-state index is 0.121. The maximum absolute atomic E-state index is 11.7. The molecule has 0 radical (unpaired) electrons. The van der Waals surface area contributed by atoms with Crippen LogP contribution in [0.5, 0.6) is 0 Å². The molecule has 104 valence electrons. The number of carbonyl (C=O) groups excluding carboxylic acids is 1. The first-order valence-corrected chi connectivity index (χ1v) is 6.00. The first-order valence-electron chi connectivity index (χ1n) is 6.00. The maximum Gasteiger partial charge on any atom is 0.328 e. The number of hydrogen-bond acceptors (Lipinski definition) is 4. The zero-order valence-electron chi connectivity index (χ0n) is 10.6. The molecule has 2 aromatic rings. The Hall–Kier alpha value is -2.83. The summed E-state index contributed by atoms with van der Waals surface area (Å²) in [7, 11) is 0. The number of benzene rings is 1. The molecule has 0 aliphatic rings. The number of nitrogens with one attached hydrogen (secondary N) is 2. The molecule has 0 fully saturated rings. The number of nitrogen functional groups attached to an aromatic ring is 1. The van der Waals surface area contributed by atoms with E-state index in [0.717, 1.165) is 0 Å². The summed E-state index contributed by atoms with van der Waals surface area (Å²) < 4.78 is 1.27. The summed E-state index contributed by atoms with van der Waals surface area (Å²) in [4.78, 5) is 36.1. The number of H-pyrrole nitrogens is 1. The van der Waals surface area contributed by atoms with Gasteiger partial charge in [-0.25, -0.2) is 4.79 Å². The molecule has 4 N–H and O–H groups in total. The number of anilines is 2. The average Bonchev–Trinajstić information content (AvgIpc) is 2.40. The number of rotatable bonds is 4. The molecule has 2 rings (SSSR count). The first kappa shape index (κ1) is 13.6. The van der Waals surface area contributed by atoms with Gasteiger partial charge >= 0.3 is 5.69 Å². The van der Waals surface area contributed by atoms with Gasteiger partial charge in [-0.3, -0.25) is 14.6 Å². The number of carbonyl (C=O) groups is 1. The second-order valence-electron chi connectivity index (χ2n) is 4.22. The molecular formula is C13H14N4O3. The molecule has 1 aromatic carbocycles. The zero-order chi connectivity index (χ0) is 14.5. The summed E-state index contributed by atoms with van der Waals surface area (Å²) in [6, 6.07) is 7.99. The normalized spacial score (nSPS) is 10.2. The van der Waals surface area contributed by atoms with E-state index in [-0.39, 0.29) is 18.9 Å². The largest absolute Gasteiger partial charge is 0.399 e. The van der Waals surface area contributed by atoms with Crippen LogP contribution >= 0.6 is 0 Å². The number of nitrogens with two attached hydrogens (primary N) is 1. The van der Waals surface area contributed by atoms with E-state index in [1.54, 1.807) is 24.3 Å². The molecule has 1 heterocycles. The van der Waals surface area contributed by atoms with Crippen molar-refractivity contribution in [1.82, 2.24) is 9.55 Å². The van der Waals surface area contributed by atoms with Crippen LogP contribution in [0, 0.1) is 0 Å². The van der Waals surface area contributed by atoms with Crippen LogP contribution in [0.2, 0.25) is 0 Å². The van der Waals surface area contributed by atoms with Crippen molar-refractivity contribution in [3.63, 3.8) is 0 Å². The van der Waals surface area contributed by atoms with Crippen molar-refractivity contribution in [3.8, 4) is 0 Å². The van der Waals surface area contributed by atoms with Crippen LogP contribution < -0.4 is 22.3 Å². The number of hydrogen-bond donors (Lipinski definition) is 3. The Bertz CT molecular complexity index is 715. The van der Waals surface area contributed by atoms with Gasteiger partial charge in [0, 0.05) is 36.6 Å². The SMILES string of the molecule is Nc1ccc(NC(=O)CCn2ccc(=O)[nH]c2=O)cc1. The highest BCUT2D eigenvalue weighted by Gasteiger charge is 2.04. The molecule has 20 heavy (non-hydrogen) atoms. The molecule has 7 nitrogen and oxygen atoms in total. The molecule has 7 heteroatoms. The third-order valence-corrected chi connectivity index (χ3v) is 2.67. The predicted molar refractivity (Wildman–Crippen MR) is 75.4 cm³/mol. The number of aromatic nitrogens is 2. The van der Waals surface area contributed by atoms with E-state index < -0.39 is 11.2 Å². The third-order valence-electron chi connectivity index (χ3n) is 2.67. The second-order valence-corrected chi connectivity index (χ2v) is 4.22. The van der Waals surface area contributed by atoms with Crippen LogP contribution in [0.15, 0.2) is 46.1 Å². The maximum atomic E-state index is 11.7. The summed E-state index contributed by atoms with van der Waals surface area (Å²) in [5.41, 5.74) is 5.80. The molecular weight excluding hydrogens is 260 g/mol. The van der Waals surface area contributed by atoms with Crippen molar-refractivity contribution in [2.75, 3.05) is 11.1 Å². The summed E-state index contributed by atoms with van der Waals surface area (Å²) >= 11 is 0. The molecule has 0 spiro atoms. The number of nitrogens with zero attached hydrogens (tertiary/aromatic N) is 1. The van der Waals surface area contributed by atoms with E-state index >= 15 is 0 Å². The number of aryl methyl sites for hydroxylation is 1. The monoisotopic (exact) mass is 274 g/mol. The van der Waals surface area contributed by atoms with Crippen LogP contribution in [0.1, 0.15) is 6.42 Å². The van der Waals surface area contributed by atoms with Gasteiger partial charge in [-0.1, -0.05) is 0 Å². The predicted octanol–water partition coefficient (Wildman–Crippen LogP) is 0.148. The Kier molecular flexibility index (Phi) is 3.99. The van der Waals surface area contributed by atoms with Gasteiger partial charge in [-0.05, 0) is 24.3 Å². The van der Waals surface area contributed by atoms with Crippen LogP contribution in [0.25, 0.3) is 0 Å². The Balaban J connectivity index is 1.93. The molecule has 1 aromatic heterocycles. The van der Waals surface area contributed by atoms with Gasteiger partial charge in [0.25, 0.3) is 5.56 Å². The minimum atomic E-state index is -0.530. The molecule has 0 bridgehead atoms. The van der Waals surface area contributed by atoms with Crippen molar-refractivity contribution < 1.29 is 4.79 Å². The highest BCUT2D eigenvalue weighted by molar-refractivity contribution is 5.90. The van der Waals surface area contributed by atoms with Gasteiger partial charge in [0.05, 0.1) is 0 Å². The van der Waals surface area contributed by atoms with Gasteiger partial charge in [0.1, 0.15) is 0 Å². The van der Waals surface area contributed by atoms with Crippen LogP contribution in [0.4, 0.5) is 11.4 Å². The molecule has 1 amide bonds. The summed E-state index contributed by atoms with van der Waals surface area (Å²) in [6.07, 6.45) is 1.48. The van der Waals surface area contributed by atoms with E-state index in [1.165, 1.54) is 16.8 Å². The Labute approximate surface area is 114 Å². The van der Waals surface area contributed by atoms with Crippen LogP contribution in [-0.4, -0.2) is 15.5 Å². The minimum Gasteiger partial charge on any atom is -0.399 e. The first-order chi connectivity index (χ1) is 9.54. The second kappa shape index (κ2) is 5.87. The Morgan fingerprint density at radius 1 is 1.20 bits per heavy atom.